The Kier molecular flexibility index (Phi) is 2.51. The molecule has 70 valence electrons. The fourth-order valence-electron chi connectivity index (χ4n) is 1.48. The molecule has 0 saturated carbocycles. The molecule has 0 amide bonds. The molecule has 1 saturated heterocycles. The molecule has 1 aliphatic rings. The van der Waals surface area contributed by atoms with Crippen LogP contribution in [0.2, 0.25) is 0 Å². The van der Waals surface area contributed by atoms with Gasteiger partial charge in [-0.05, 0) is 28.8 Å². The van der Waals surface area contributed by atoms with Gasteiger partial charge in [0.15, 0.2) is 5.43 Å². The summed E-state index contributed by atoms with van der Waals surface area (Å²) in [6.45, 7) is 0.794. The van der Waals surface area contributed by atoms with Crippen molar-refractivity contribution in [1.82, 2.24) is 4.98 Å². The molecule has 1 aromatic heterocycles. The standard InChI is InChI=1S/C9H10BrNO2/c10-6-5-11-7(4-8(6)12)9-2-1-3-13-9/h4-5,9H,1-3H2,(H,11,12). The van der Waals surface area contributed by atoms with Crippen molar-refractivity contribution in [2.45, 2.75) is 18.9 Å². The molecule has 2 heterocycles. The number of aromatic amines is 1. The first-order valence-electron chi connectivity index (χ1n) is 4.27. The maximum Gasteiger partial charge on any atom is 0.196 e. The number of halogens is 1. The van der Waals surface area contributed by atoms with E-state index in [0.29, 0.717) is 4.47 Å². The number of ether oxygens (including phenoxy) is 1. The predicted molar refractivity (Wildman–Crippen MR) is 52.7 cm³/mol. The molecular formula is C9H10BrNO2. The number of hydrogen-bond acceptors (Lipinski definition) is 2. The predicted octanol–water partition coefficient (Wildman–Crippen LogP) is 1.99. The van der Waals surface area contributed by atoms with Gasteiger partial charge >= 0.3 is 0 Å². The molecule has 0 spiro atoms. The average molecular weight is 244 g/mol. The highest BCUT2D eigenvalue weighted by molar-refractivity contribution is 9.10. The van der Waals surface area contributed by atoms with Crippen LogP contribution in [-0.4, -0.2) is 11.6 Å². The van der Waals surface area contributed by atoms with E-state index in [1.807, 2.05) is 0 Å². The van der Waals surface area contributed by atoms with Crippen molar-refractivity contribution >= 4 is 15.9 Å². The molecule has 1 fully saturated rings. The Labute approximate surface area is 84.2 Å². The van der Waals surface area contributed by atoms with Crippen LogP contribution in [0.5, 0.6) is 0 Å². The lowest BCUT2D eigenvalue weighted by Gasteiger charge is -2.08. The SMILES string of the molecule is O=c1cc(C2CCCO2)[nH]cc1Br. The molecule has 3 nitrogen and oxygen atoms in total. The van der Waals surface area contributed by atoms with Gasteiger partial charge < -0.3 is 9.72 Å². The van der Waals surface area contributed by atoms with Crippen molar-refractivity contribution in [1.29, 1.82) is 0 Å². The fraction of sp³-hybridized carbons (Fsp3) is 0.444. The van der Waals surface area contributed by atoms with Crippen molar-refractivity contribution < 1.29 is 4.74 Å². The number of pyridine rings is 1. The molecule has 0 radical (unpaired) electrons. The number of hydrogen-bond donors (Lipinski definition) is 1. The van der Waals surface area contributed by atoms with Crippen LogP contribution in [0.4, 0.5) is 0 Å². The molecule has 1 aliphatic heterocycles. The van der Waals surface area contributed by atoms with Crippen LogP contribution in [0.25, 0.3) is 0 Å². The molecule has 13 heavy (non-hydrogen) atoms. The normalized spacial score (nSPS) is 22.1. The van der Waals surface area contributed by atoms with Gasteiger partial charge in [0.2, 0.25) is 0 Å². The van der Waals surface area contributed by atoms with Crippen molar-refractivity contribution in [3.63, 3.8) is 0 Å². The van der Waals surface area contributed by atoms with Gasteiger partial charge in [-0.1, -0.05) is 0 Å². The van der Waals surface area contributed by atoms with E-state index in [-0.39, 0.29) is 11.5 Å². The van der Waals surface area contributed by atoms with Gasteiger partial charge in [0.25, 0.3) is 0 Å². The lowest BCUT2D eigenvalue weighted by atomic mass is 10.1. The Hall–Kier alpha value is -0.610. The summed E-state index contributed by atoms with van der Waals surface area (Å²) >= 11 is 3.15. The summed E-state index contributed by atoms with van der Waals surface area (Å²) in [5.41, 5.74) is 0.884. The lowest BCUT2D eigenvalue weighted by molar-refractivity contribution is 0.108. The average Bonchev–Trinajstić information content (AvgIpc) is 2.62. The third-order valence-corrected chi connectivity index (χ3v) is 2.78. The summed E-state index contributed by atoms with van der Waals surface area (Å²) in [5, 5.41) is 0. The van der Waals surface area contributed by atoms with Gasteiger partial charge in [0.1, 0.15) is 0 Å². The maximum absolute atomic E-state index is 11.3. The quantitative estimate of drug-likeness (QED) is 0.820. The molecule has 0 bridgehead atoms. The van der Waals surface area contributed by atoms with E-state index in [1.165, 1.54) is 0 Å². The van der Waals surface area contributed by atoms with E-state index in [1.54, 1.807) is 12.3 Å². The molecule has 4 heteroatoms. The minimum Gasteiger partial charge on any atom is -0.372 e. The smallest absolute Gasteiger partial charge is 0.196 e. The van der Waals surface area contributed by atoms with E-state index in [9.17, 15) is 4.79 Å². The van der Waals surface area contributed by atoms with E-state index >= 15 is 0 Å². The Morgan fingerprint density at radius 1 is 1.62 bits per heavy atom. The Bertz CT molecular complexity index is 355. The zero-order valence-corrected chi connectivity index (χ0v) is 8.63. The van der Waals surface area contributed by atoms with E-state index in [2.05, 4.69) is 20.9 Å². The minimum atomic E-state index is 0.00394. The van der Waals surface area contributed by atoms with Crippen molar-refractivity contribution in [2.75, 3.05) is 6.61 Å². The first-order chi connectivity index (χ1) is 6.27. The van der Waals surface area contributed by atoms with Crippen LogP contribution in [0.3, 0.4) is 0 Å². The summed E-state index contributed by atoms with van der Waals surface area (Å²) in [6, 6.07) is 1.60. The van der Waals surface area contributed by atoms with E-state index in [0.717, 1.165) is 25.1 Å². The van der Waals surface area contributed by atoms with Crippen molar-refractivity contribution in [3.8, 4) is 0 Å². The van der Waals surface area contributed by atoms with Crippen molar-refractivity contribution in [2.24, 2.45) is 0 Å². The van der Waals surface area contributed by atoms with Crippen LogP contribution in [0.15, 0.2) is 21.5 Å². The summed E-state index contributed by atoms with van der Waals surface area (Å²) in [7, 11) is 0. The van der Waals surface area contributed by atoms with Crippen LogP contribution < -0.4 is 5.43 Å². The van der Waals surface area contributed by atoms with E-state index < -0.39 is 0 Å². The monoisotopic (exact) mass is 243 g/mol. The molecule has 1 unspecified atom stereocenters. The summed E-state index contributed by atoms with van der Waals surface area (Å²) < 4.78 is 6.01. The van der Waals surface area contributed by atoms with Crippen LogP contribution >= 0.6 is 15.9 Å². The summed E-state index contributed by atoms with van der Waals surface area (Å²) in [4.78, 5) is 14.3. The zero-order valence-electron chi connectivity index (χ0n) is 7.05. The third-order valence-electron chi connectivity index (χ3n) is 2.16. The lowest BCUT2D eigenvalue weighted by Crippen LogP contribution is -2.07. The topological polar surface area (TPSA) is 42.1 Å². The molecule has 2 rings (SSSR count). The van der Waals surface area contributed by atoms with E-state index in [4.69, 9.17) is 4.74 Å². The molecule has 1 aromatic rings. The van der Waals surface area contributed by atoms with Gasteiger partial charge in [-0.15, -0.1) is 0 Å². The second kappa shape index (κ2) is 3.64. The summed E-state index contributed by atoms with van der Waals surface area (Å²) in [6.07, 6.45) is 3.82. The molecule has 0 aromatic carbocycles. The van der Waals surface area contributed by atoms with Gasteiger partial charge in [-0.3, -0.25) is 4.79 Å². The highest BCUT2D eigenvalue weighted by atomic mass is 79.9. The first-order valence-corrected chi connectivity index (χ1v) is 5.06. The zero-order chi connectivity index (χ0) is 9.26. The van der Waals surface area contributed by atoms with Crippen molar-refractivity contribution in [3.05, 3.63) is 32.7 Å². The van der Waals surface area contributed by atoms with Crippen LogP contribution in [0, 0.1) is 0 Å². The van der Waals surface area contributed by atoms with Crippen LogP contribution in [0.1, 0.15) is 24.6 Å². The van der Waals surface area contributed by atoms with Gasteiger partial charge in [-0.2, -0.15) is 0 Å². The Morgan fingerprint density at radius 3 is 3.08 bits per heavy atom. The number of aromatic nitrogens is 1. The van der Waals surface area contributed by atoms with Gasteiger partial charge in [-0.25, -0.2) is 0 Å². The maximum atomic E-state index is 11.3. The summed E-state index contributed by atoms with van der Waals surface area (Å²) in [5.74, 6) is 0. The van der Waals surface area contributed by atoms with Gasteiger partial charge in [0, 0.05) is 24.6 Å². The Morgan fingerprint density at radius 2 is 2.46 bits per heavy atom. The van der Waals surface area contributed by atoms with Crippen LogP contribution in [-0.2, 0) is 4.74 Å². The first kappa shape index (κ1) is 8.97. The largest absolute Gasteiger partial charge is 0.372 e. The fourth-order valence-corrected chi connectivity index (χ4v) is 1.71. The highest BCUT2D eigenvalue weighted by Gasteiger charge is 2.18. The second-order valence-corrected chi connectivity index (χ2v) is 3.96. The molecule has 0 aliphatic carbocycles. The van der Waals surface area contributed by atoms with Gasteiger partial charge in [0.05, 0.1) is 10.6 Å². The molecular weight excluding hydrogens is 234 g/mol. The number of rotatable bonds is 1. The minimum absolute atomic E-state index is 0.00394. The second-order valence-electron chi connectivity index (χ2n) is 3.10. The molecule has 1 N–H and O–H groups in total. The molecule has 1 atom stereocenters. The highest BCUT2D eigenvalue weighted by Crippen LogP contribution is 2.26. The number of nitrogens with one attached hydrogen (secondary N) is 1. The third kappa shape index (κ3) is 1.84. The number of H-pyrrole nitrogens is 1. The Balaban J connectivity index is 2.30.